The standard InChI is InChI=1S/C17H27NO2/c1-11(18-15-16(2,3)17(15,4)5)13-9-8-12(19-6)10-14(13)20-7/h8-11,15,18H,1-7H3. The van der Waals surface area contributed by atoms with Gasteiger partial charge in [0.1, 0.15) is 11.5 Å². The predicted octanol–water partition coefficient (Wildman–Crippen LogP) is 3.79. The largest absolute Gasteiger partial charge is 0.497 e. The molecule has 0 radical (unpaired) electrons. The highest BCUT2D eigenvalue weighted by Gasteiger charge is 2.64. The van der Waals surface area contributed by atoms with Gasteiger partial charge in [0.05, 0.1) is 14.2 Å². The zero-order valence-electron chi connectivity index (χ0n) is 13.7. The molecule has 1 aromatic carbocycles. The van der Waals surface area contributed by atoms with Gasteiger partial charge in [-0.1, -0.05) is 33.8 Å². The lowest BCUT2D eigenvalue weighted by Gasteiger charge is -2.19. The fourth-order valence-electron chi connectivity index (χ4n) is 3.13. The van der Waals surface area contributed by atoms with E-state index in [-0.39, 0.29) is 6.04 Å². The van der Waals surface area contributed by atoms with Gasteiger partial charge in [-0.2, -0.15) is 0 Å². The summed E-state index contributed by atoms with van der Waals surface area (Å²) in [5.41, 5.74) is 1.84. The number of nitrogens with one attached hydrogen (secondary N) is 1. The van der Waals surface area contributed by atoms with Crippen LogP contribution in [0.2, 0.25) is 0 Å². The van der Waals surface area contributed by atoms with E-state index in [1.807, 2.05) is 12.1 Å². The maximum Gasteiger partial charge on any atom is 0.127 e. The molecule has 20 heavy (non-hydrogen) atoms. The van der Waals surface area contributed by atoms with Gasteiger partial charge in [0.15, 0.2) is 0 Å². The number of hydrogen-bond donors (Lipinski definition) is 1. The molecule has 1 aliphatic carbocycles. The number of rotatable bonds is 5. The van der Waals surface area contributed by atoms with Crippen molar-refractivity contribution in [1.82, 2.24) is 5.32 Å². The average molecular weight is 277 g/mol. The topological polar surface area (TPSA) is 30.5 Å². The molecule has 112 valence electrons. The van der Waals surface area contributed by atoms with Crippen LogP contribution in [-0.4, -0.2) is 20.3 Å². The van der Waals surface area contributed by atoms with Crippen LogP contribution in [0.25, 0.3) is 0 Å². The molecular formula is C17H27NO2. The molecule has 1 N–H and O–H groups in total. The molecule has 1 fully saturated rings. The number of ether oxygens (including phenoxy) is 2. The fraction of sp³-hybridized carbons (Fsp3) is 0.647. The van der Waals surface area contributed by atoms with Crippen LogP contribution in [0.15, 0.2) is 18.2 Å². The van der Waals surface area contributed by atoms with Crippen LogP contribution in [0.3, 0.4) is 0 Å². The van der Waals surface area contributed by atoms with Crippen molar-refractivity contribution in [3.8, 4) is 11.5 Å². The second kappa shape index (κ2) is 4.96. The van der Waals surface area contributed by atoms with Gasteiger partial charge < -0.3 is 14.8 Å². The van der Waals surface area contributed by atoms with E-state index < -0.39 is 0 Å². The lowest BCUT2D eigenvalue weighted by atomic mass is 10.0. The number of hydrogen-bond acceptors (Lipinski definition) is 3. The lowest BCUT2D eigenvalue weighted by molar-refractivity contribution is 0.383. The Kier molecular flexibility index (Phi) is 3.76. The first-order chi connectivity index (χ1) is 9.25. The third-order valence-corrected chi connectivity index (χ3v) is 5.34. The minimum absolute atomic E-state index is 0.252. The Morgan fingerprint density at radius 3 is 2.10 bits per heavy atom. The molecule has 0 heterocycles. The summed E-state index contributed by atoms with van der Waals surface area (Å²) in [6.07, 6.45) is 0. The van der Waals surface area contributed by atoms with Gasteiger partial charge in [0, 0.05) is 23.7 Å². The molecule has 3 heteroatoms. The van der Waals surface area contributed by atoms with Gasteiger partial charge in [-0.3, -0.25) is 0 Å². The highest BCUT2D eigenvalue weighted by Crippen LogP contribution is 2.63. The molecule has 0 aromatic heterocycles. The van der Waals surface area contributed by atoms with Crippen LogP contribution >= 0.6 is 0 Å². The summed E-state index contributed by atoms with van der Waals surface area (Å²) < 4.78 is 10.7. The van der Waals surface area contributed by atoms with E-state index in [9.17, 15) is 0 Å². The number of benzene rings is 1. The molecule has 1 unspecified atom stereocenters. The first kappa shape index (κ1) is 15.2. The minimum atomic E-state index is 0.252. The molecule has 1 aromatic rings. The van der Waals surface area contributed by atoms with Crippen molar-refractivity contribution < 1.29 is 9.47 Å². The Bertz CT molecular complexity index is 480. The SMILES string of the molecule is COc1ccc(C(C)NC2C(C)(C)C2(C)C)c(OC)c1. The van der Waals surface area contributed by atoms with E-state index in [0.29, 0.717) is 16.9 Å². The van der Waals surface area contributed by atoms with Crippen molar-refractivity contribution in [2.45, 2.75) is 46.7 Å². The Labute approximate surface area is 122 Å². The Hall–Kier alpha value is -1.22. The van der Waals surface area contributed by atoms with Crippen molar-refractivity contribution in [1.29, 1.82) is 0 Å². The van der Waals surface area contributed by atoms with Crippen LogP contribution in [-0.2, 0) is 0 Å². The molecule has 0 bridgehead atoms. The van der Waals surface area contributed by atoms with Crippen molar-refractivity contribution in [3.63, 3.8) is 0 Å². The smallest absolute Gasteiger partial charge is 0.127 e. The highest BCUT2D eigenvalue weighted by atomic mass is 16.5. The quantitative estimate of drug-likeness (QED) is 0.888. The second-order valence-electron chi connectivity index (χ2n) is 6.87. The normalized spacial score (nSPS) is 21.4. The summed E-state index contributed by atoms with van der Waals surface area (Å²) in [4.78, 5) is 0. The molecule has 2 rings (SSSR count). The van der Waals surface area contributed by atoms with Gasteiger partial charge in [-0.05, 0) is 23.8 Å². The summed E-state index contributed by atoms with van der Waals surface area (Å²) in [7, 11) is 3.38. The van der Waals surface area contributed by atoms with Crippen LogP contribution < -0.4 is 14.8 Å². The van der Waals surface area contributed by atoms with Crippen LogP contribution in [0.4, 0.5) is 0 Å². The summed E-state index contributed by atoms with van der Waals surface area (Å²) in [6.45, 7) is 11.5. The van der Waals surface area contributed by atoms with Crippen LogP contribution in [0, 0.1) is 10.8 Å². The van der Waals surface area contributed by atoms with Gasteiger partial charge in [0.2, 0.25) is 0 Å². The zero-order valence-corrected chi connectivity index (χ0v) is 13.7. The number of methoxy groups -OCH3 is 2. The van der Waals surface area contributed by atoms with Crippen molar-refractivity contribution in [3.05, 3.63) is 23.8 Å². The van der Waals surface area contributed by atoms with Crippen LogP contribution in [0.5, 0.6) is 11.5 Å². The van der Waals surface area contributed by atoms with E-state index in [1.54, 1.807) is 14.2 Å². The highest BCUT2D eigenvalue weighted by molar-refractivity contribution is 5.42. The third-order valence-electron chi connectivity index (χ3n) is 5.34. The summed E-state index contributed by atoms with van der Waals surface area (Å²) >= 11 is 0. The first-order valence-electron chi connectivity index (χ1n) is 7.23. The van der Waals surface area contributed by atoms with Gasteiger partial charge in [-0.25, -0.2) is 0 Å². The maximum atomic E-state index is 5.49. The molecule has 0 saturated heterocycles. The predicted molar refractivity (Wildman–Crippen MR) is 82.4 cm³/mol. The molecule has 0 spiro atoms. The van der Waals surface area contributed by atoms with E-state index in [4.69, 9.17) is 9.47 Å². The average Bonchev–Trinajstić information content (AvgIpc) is 2.80. The second-order valence-corrected chi connectivity index (χ2v) is 6.87. The van der Waals surface area contributed by atoms with E-state index in [2.05, 4.69) is 46.0 Å². The van der Waals surface area contributed by atoms with Crippen molar-refractivity contribution in [2.75, 3.05) is 14.2 Å². The van der Waals surface area contributed by atoms with E-state index in [0.717, 1.165) is 11.5 Å². The first-order valence-corrected chi connectivity index (χ1v) is 7.23. The molecular weight excluding hydrogens is 250 g/mol. The van der Waals surface area contributed by atoms with Crippen LogP contribution in [0.1, 0.15) is 46.2 Å². The molecule has 0 amide bonds. The molecule has 0 aliphatic heterocycles. The summed E-state index contributed by atoms with van der Waals surface area (Å²) in [5, 5.41) is 3.74. The van der Waals surface area contributed by atoms with Gasteiger partial charge in [0.25, 0.3) is 0 Å². The maximum absolute atomic E-state index is 5.49. The van der Waals surface area contributed by atoms with Gasteiger partial charge in [-0.15, -0.1) is 0 Å². The molecule has 1 saturated carbocycles. The molecule has 1 aliphatic rings. The third kappa shape index (κ3) is 2.28. The van der Waals surface area contributed by atoms with Gasteiger partial charge >= 0.3 is 0 Å². The summed E-state index contributed by atoms with van der Waals surface area (Å²) in [6, 6.07) is 6.78. The van der Waals surface area contributed by atoms with E-state index in [1.165, 1.54) is 5.56 Å². The molecule has 1 atom stereocenters. The minimum Gasteiger partial charge on any atom is -0.497 e. The Morgan fingerprint density at radius 1 is 1.05 bits per heavy atom. The Morgan fingerprint density at radius 2 is 1.65 bits per heavy atom. The molecule has 3 nitrogen and oxygen atoms in total. The van der Waals surface area contributed by atoms with Crippen molar-refractivity contribution >= 4 is 0 Å². The summed E-state index contributed by atoms with van der Waals surface area (Å²) in [5.74, 6) is 1.70. The lowest BCUT2D eigenvalue weighted by Crippen LogP contribution is -2.26. The Balaban J connectivity index is 2.16. The van der Waals surface area contributed by atoms with Crippen molar-refractivity contribution in [2.24, 2.45) is 10.8 Å². The monoisotopic (exact) mass is 277 g/mol. The zero-order chi connectivity index (χ0) is 15.1. The van der Waals surface area contributed by atoms with E-state index >= 15 is 0 Å². The fourth-order valence-corrected chi connectivity index (χ4v) is 3.13.